The van der Waals surface area contributed by atoms with Gasteiger partial charge in [0.15, 0.2) is 0 Å². The van der Waals surface area contributed by atoms with E-state index in [0.717, 1.165) is 61.2 Å². The Morgan fingerprint density at radius 1 is 0.391 bits per heavy atom. The first-order chi connectivity index (χ1) is 41.2. The molecule has 0 aromatic carbocycles. The summed E-state index contributed by atoms with van der Waals surface area (Å²) in [5.41, 5.74) is 21.6. The van der Waals surface area contributed by atoms with E-state index in [1.165, 1.54) is 0 Å². The number of carboxylic acids is 3. The molecule has 16 bridgehead atoms. The number of aliphatic hydroxyl groups excluding tert-OH is 3. The first kappa shape index (κ1) is 61.1. The fraction of sp³-hybridized carbons (Fsp3) is 0.353. The summed E-state index contributed by atoms with van der Waals surface area (Å²) >= 11 is 0. The minimum atomic E-state index is -0.973. The fourth-order valence-electron chi connectivity index (χ4n) is 12.9. The van der Waals surface area contributed by atoms with Crippen LogP contribution in [0.15, 0.2) is 48.5 Å². The lowest BCUT2D eigenvalue weighted by Crippen LogP contribution is -2.10. The van der Waals surface area contributed by atoms with Crippen LogP contribution in [0.3, 0.4) is 0 Å². The Balaban J connectivity index is 1.10. The van der Waals surface area contributed by atoms with Crippen LogP contribution in [-0.2, 0) is 36.8 Å². The number of carbonyl (C=O) groups excluding carboxylic acids is 1. The predicted octanol–water partition coefficient (Wildman–Crippen LogP) is 12.7. The molecule has 0 aliphatic carbocycles. The standard InChI is InChI=1S/C68H74N8O11/c1-29-41(13-17-61(80)81)54-28-56-44(32(4)48(72-56)24-57-66(38(10)78)34(6)51(74-57)25-59-65(37(9)77)33(5)49(73-59)21-45(29)69-54)16-20-64(86)87-40(12)68-36(8)50-22-46-30(2)42(14-18-62(82)83)53(70-46)27-55-43(15-19-63(84)85)31(3)47(71-55)23-58-67(39(11)79)35(7)52(75-58)26-60(68)76-50/h21-28,37-40,69,72,75-79H,13-20H2,1-12H3,(H,80,81)(H,82,83)(H,84,85). The molecule has 0 saturated heterocycles. The normalized spacial score (nSPS) is 14.9. The van der Waals surface area contributed by atoms with Crippen LogP contribution in [0.1, 0.15) is 196 Å². The van der Waals surface area contributed by atoms with E-state index in [1.807, 2.05) is 105 Å². The molecule has 10 heterocycles. The molecular formula is C68H74N8O11. The average Bonchev–Trinajstić information content (AvgIpc) is 1.71. The lowest BCUT2D eigenvalue weighted by molar-refractivity contribution is -0.148. The highest BCUT2D eigenvalue weighted by Crippen LogP contribution is 2.41. The number of nitrogens with zero attached hydrogens (tertiary/aromatic N) is 4. The number of ether oxygens (including phenoxy) is 1. The van der Waals surface area contributed by atoms with E-state index >= 15 is 0 Å². The number of carboxylic acid groups (broad SMARTS) is 3. The largest absolute Gasteiger partial charge is 0.481 e. The van der Waals surface area contributed by atoms with Gasteiger partial charge in [-0.15, -0.1) is 0 Å². The van der Waals surface area contributed by atoms with Crippen LogP contribution in [-0.4, -0.2) is 107 Å². The molecule has 0 spiro atoms. The molecule has 4 aliphatic heterocycles. The molecule has 87 heavy (non-hydrogen) atoms. The summed E-state index contributed by atoms with van der Waals surface area (Å²) in [5.74, 6) is -3.37. The van der Waals surface area contributed by atoms with Gasteiger partial charge in [0.2, 0.25) is 0 Å². The number of nitrogens with one attached hydrogen (secondary N) is 4. The number of hydrogen-bond acceptors (Lipinski definition) is 12. The minimum absolute atomic E-state index is 0.0443. The Morgan fingerprint density at radius 3 is 1.22 bits per heavy atom. The van der Waals surface area contributed by atoms with Gasteiger partial charge in [0, 0.05) is 92.1 Å². The summed E-state index contributed by atoms with van der Waals surface area (Å²) in [6.45, 7) is 22.2. The zero-order valence-electron chi connectivity index (χ0n) is 51.1. The third-order valence-electron chi connectivity index (χ3n) is 17.6. The molecule has 6 aromatic rings. The van der Waals surface area contributed by atoms with Crippen LogP contribution in [0.4, 0.5) is 0 Å². The van der Waals surface area contributed by atoms with Gasteiger partial charge in [0.05, 0.1) is 63.9 Å². The van der Waals surface area contributed by atoms with Crippen LogP contribution in [0.5, 0.6) is 0 Å². The molecule has 19 nitrogen and oxygen atoms in total. The summed E-state index contributed by atoms with van der Waals surface area (Å²) in [6.07, 6.45) is -3.11. The Labute approximate surface area is 502 Å². The van der Waals surface area contributed by atoms with Gasteiger partial charge in [-0.05, 0) is 224 Å². The highest BCUT2D eigenvalue weighted by Gasteiger charge is 2.28. The topological polar surface area (TPSA) is 314 Å². The third kappa shape index (κ3) is 11.9. The van der Waals surface area contributed by atoms with Crippen LogP contribution in [0.25, 0.3) is 88.7 Å². The molecule has 4 atom stereocenters. The Kier molecular flexibility index (Phi) is 16.9. The van der Waals surface area contributed by atoms with Crippen molar-refractivity contribution in [2.75, 3.05) is 0 Å². The lowest BCUT2D eigenvalue weighted by Gasteiger charge is -2.14. The van der Waals surface area contributed by atoms with E-state index in [1.54, 1.807) is 26.8 Å². The number of aromatic nitrogens is 8. The molecule has 10 rings (SSSR count). The van der Waals surface area contributed by atoms with Crippen molar-refractivity contribution in [3.63, 3.8) is 0 Å². The van der Waals surface area contributed by atoms with Gasteiger partial charge in [-0.3, -0.25) is 19.2 Å². The molecule has 0 radical (unpaired) electrons. The maximum Gasteiger partial charge on any atom is 0.306 e. The van der Waals surface area contributed by atoms with Crippen LogP contribution < -0.4 is 0 Å². The molecule has 6 aromatic heterocycles. The first-order valence-corrected chi connectivity index (χ1v) is 29.4. The maximum absolute atomic E-state index is 14.5. The maximum atomic E-state index is 14.5. The van der Waals surface area contributed by atoms with Crippen LogP contribution in [0.2, 0.25) is 0 Å². The van der Waals surface area contributed by atoms with Crippen molar-refractivity contribution in [3.05, 3.63) is 139 Å². The molecule has 452 valence electrons. The van der Waals surface area contributed by atoms with Crippen LogP contribution in [0, 0.1) is 27.7 Å². The second-order valence-corrected chi connectivity index (χ2v) is 23.4. The van der Waals surface area contributed by atoms with E-state index in [9.17, 15) is 49.8 Å². The summed E-state index contributed by atoms with van der Waals surface area (Å²) in [4.78, 5) is 85.0. The number of aliphatic hydroxyl groups is 3. The van der Waals surface area contributed by atoms with Crippen molar-refractivity contribution in [1.29, 1.82) is 0 Å². The van der Waals surface area contributed by atoms with Gasteiger partial charge in [0.25, 0.3) is 0 Å². The SMILES string of the molecule is CC1=C(CCC(=O)O)c2cc3nc(cc4[nH]c(cc5[nH]c(cc1n2)c(C)c5C(C)OC(=O)CCc1c(C)c2cc5nc(cc6nc(cc7[nH]c(cc1[nH]2)c(CCC(=O)O)c7C)C(C)=C6C(C)O)C(C)=C5C(C)O)c(C)c4C(C)O)C(C)=C3CCC(=O)O. The zero-order chi connectivity index (χ0) is 62.8. The first-order valence-electron chi connectivity index (χ1n) is 29.4. The number of hydrogen-bond donors (Lipinski definition) is 10. The molecule has 10 N–H and O–H groups in total. The number of H-pyrrole nitrogens is 4. The second-order valence-electron chi connectivity index (χ2n) is 23.4. The van der Waals surface area contributed by atoms with Crippen molar-refractivity contribution in [3.8, 4) is 0 Å². The third-order valence-corrected chi connectivity index (χ3v) is 17.6. The van der Waals surface area contributed by atoms with Gasteiger partial charge >= 0.3 is 23.9 Å². The van der Waals surface area contributed by atoms with E-state index in [0.29, 0.717) is 118 Å². The van der Waals surface area contributed by atoms with Gasteiger partial charge in [-0.25, -0.2) is 19.9 Å². The van der Waals surface area contributed by atoms with Crippen LogP contribution >= 0.6 is 0 Å². The van der Waals surface area contributed by atoms with E-state index in [4.69, 9.17) is 24.7 Å². The number of rotatable bonds is 17. The quantitative estimate of drug-likeness (QED) is 0.0380. The molecule has 0 fully saturated rings. The zero-order valence-corrected chi connectivity index (χ0v) is 51.1. The summed E-state index contributed by atoms with van der Waals surface area (Å²) in [7, 11) is 0. The summed E-state index contributed by atoms with van der Waals surface area (Å²) < 4.78 is 6.43. The highest BCUT2D eigenvalue weighted by molar-refractivity contribution is 5.99. The van der Waals surface area contributed by atoms with E-state index in [-0.39, 0.29) is 51.4 Å². The number of carbonyl (C=O) groups is 4. The number of allylic oxidation sites excluding steroid dienone is 6. The molecule has 4 unspecified atom stereocenters. The van der Waals surface area contributed by atoms with Gasteiger partial charge in [-0.1, -0.05) is 0 Å². The predicted molar refractivity (Wildman–Crippen MR) is 337 cm³/mol. The van der Waals surface area contributed by atoms with Crippen molar-refractivity contribution in [2.45, 2.75) is 159 Å². The Bertz CT molecular complexity index is 4420. The van der Waals surface area contributed by atoms with E-state index < -0.39 is 48.3 Å². The Hall–Kier alpha value is -9.04. The number of aliphatic carboxylic acids is 3. The van der Waals surface area contributed by atoms with Crippen molar-refractivity contribution in [1.82, 2.24) is 39.9 Å². The fourth-order valence-corrected chi connectivity index (χ4v) is 12.9. The molecule has 0 saturated carbocycles. The highest BCUT2D eigenvalue weighted by atomic mass is 16.5. The Morgan fingerprint density at radius 2 is 0.736 bits per heavy atom. The van der Waals surface area contributed by atoms with Crippen molar-refractivity contribution >= 4 is 113 Å². The van der Waals surface area contributed by atoms with Crippen molar-refractivity contribution < 1.29 is 54.6 Å². The van der Waals surface area contributed by atoms with Gasteiger partial charge in [0.1, 0.15) is 6.10 Å². The molecule has 19 heteroatoms. The van der Waals surface area contributed by atoms with E-state index in [2.05, 4.69) is 19.9 Å². The van der Waals surface area contributed by atoms with Crippen molar-refractivity contribution in [2.24, 2.45) is 0 Å². The van der Waals surface area contributed by atoms with Gasteiger partial charge in [-0.2, -0.15) is 0 Å². The minimum Gasteiger partial charge on any atom is -0.481 e. The average molecular weight is 1180 g/mol. The number of esters is 1. The number of aryl methyl sites for hydroxylation is 6. The number of aromatic amines is 4. The molecular weight excluding hydrogens is 1100 g/mol. The lowest BCUT2D eigenvalue weighted by atomic mass is 9.98. The summed E-state index contributed by atoms with van der Waals surface area (Å²) in [5, 5.41) is 63.1. The van der Waals surface area contributed by atoms with Gasteiger partial charge < -0.3 is 55.3 Å². The smallest absolute Gasteiger partial charge is 0.306 e. The monoisotopic (exact) mass is 1180 g/mol. The second kappa shape index (κ2) is 24.0. The number of fused-ring (bicyclic) bond motifs is 16. The molecule has 4 aliphatic rings. The summed E-state index contributed by atoms with van der Waals surface area (Å²) in [6, 6.07) is 15.0. The molecule has 0 amide bonds.